The third-order valence-corrected chi connectivity index (χ3v) is 1.13. The van der Waals surface area contributed by atoms with Gasteiger partial charge in [0.2, 0.25) is 0 Å². The molecule has 0 aliphatic carbocycles. The van der Waals surface area contributed by atoms with E-state index < -0.39 is 32.4 Å². The van der Waals surface area contributed by atoms with Crippen LogP contribution in [0.15, 0.2) is 0 Å². The fraction of sp³-hybridized carbons (Fsp3) is 1.00. The molecule has 0 aliphatic heterocycles. The van der Waals surface area contributed by atoms with E-state index in [9.17, 15) is 26.3 Å². The maximum absolute atomic E-state index is 10.6. The van der Waals surface area contributed by atoms with Gasteiger partial charge < -0.3 is 16.8 Å². The van der Waals surface area contributed by atoms with Crippen molar-refractivity contribution in [2.75, 3.05) is 0 Å². The fourth-order valence-corrected chi connectivity index (χ4v) is 0. The van der Waals surface area contributed by atoms with Crippen molar-refractivity contribution in [3.05, 3.63) is 0 Å². The van der Waals surface area contributed by atoms with Crippen LogP contribution in [0.1, 0.15) is 0 Å². The molecular weight excluding hydrogens is 343 g/mol. The average Bonchev–Trinajstić information content (AvgIpc) is 2.05. The van der Waals surface area contributed by atoms with E-state index in [-0.39, 0.29) is 12.4 Å². The molecule has 0 atom stereocenters. The van der Waals surface area contributed by atoms with Crippen LogP contribution in [0.2, 0.25) is 0 Å². The summed E-state index contributed by atoms with van der Waals surface area (Å²) in [5.41, 5.74) is -10.2. The topological polar surface area (TPSA) is 92.1 Å². The van der Waals surface area contributed by atoms with E-state index in [2.05, 4.69) is 0 Å². The third-order valence-electron chi connectivity index (χ3n) is 0.378. The molecule has 0 aromatic heterocycles. The van der Waals surface area contributed by atoms with E-state index in [1.165, 1.54) is 0 Å². The van der Waals surface area contributed by atoms with Crippen LogP contribution in [-0.4, -0.2) is 27.1 Å². The zero-order valence-electron chi connectivity index (χ0n) is 7.20. The van der Waals surface area contributed by atoms with Crippen LogP contribution < -0.4 is 0 Å². The van der Waals surface area contributed by atoms with Crippen molar-refractivity contribution in [2.24, 2.45) is 0 Å². The molecule has 105 valence electrons. The molecule has 0 aromatic rings. The summed E-state index contributed by atoms with van der Waals surface area (Å²) in [6, 6.07) is 0. The second-order valence-electron chi connectivity index (χ2n) is 1.36. The molecule has 1 N–H and O–H groups in total. The molecule has 17 heavy (non-hydrogen) atoms. The van der Waals surface area contributed by atoms with E-state index in [1.807, 2.05) is 0 Å². The SMILES string of the molecule is Cl.O=[S-](=O)C(F)(F)F.O=[S-](=O)C(F)(F)F.[NH]=[Al]. The fourth-order valence-electron chi connectivity index (χ4n) is 0. The van der Waals surface area contributed by atoms with Crippen molar-refractivity contribution in [3.63, 3.8) is 0 Å². The summed E-state index contributed by atoms with van der Waals surface area (Å²) in [5.74, 6) is 0. The number of alkyl halides is 6. The van der Waals surface area contributed by atoms with Gasteiger partial charge in [-0.05, 0) is 0 Å². The Bertz CT molecular complexity index is 288. The summed E-state index contributed by atoms with van der Waals surface area (Å²) in [6.45, 7) is 0. The van der Waals surface area contributed by atoms with Crippen molar-refractivity contribution < 1.29 is 43.2 Å². The predicted molar refractivity (Wildman–Crippen MR) is 45.3 cm³/mol. The zero-order valence-corrected chi connectivity index (χ0v) is 10.8. The van der Waals surface area contributed by atoms with E-state index in [0.29, 0.717) is 0 Å². The molecule has 0 amide bonds. The normalized spacial score (nSPS) is 10.5. The van der Waals surface area contributed by atoms with E-state index in [4.69, 9.17) is 21.2 Å². The summed E-state index contributed by atoms with van der Waals surface area (Å²) in [4.78, 5) is 0. The van der Waals surface area contributed by atoms with Gasteiger partial charge in [0.1, 0.15) is 0 Å². The Morgan fingerprint density at radius 3 is 0.765 bits per heavy atom. The van der Waals surface area contributed by atoms with Crippen molar-refractivity contribution in [2.45, 2.75) is 11.0 Å². The molecule has 0 saturated carbocycles. The number of hydrogen-bond donors (Lipinski definition) is 1. The second kappa shape index (κ2) is 11.2. The first-order valence-corrected chi connectivity index (χ1v) is 5.22. The molecule has 5 nitrogen and oxygen atoms in total. The molecular formula is C2H2AlClF6NO4S2-2. The Labute approximate surface area is 109 Å². The van der Waals surface area contributed by atoms with Crippen molar-refractivity contribution in [1.29, 1.82) is 4.35 Å². The molecule has 1 radical (unpaired) electrons. The van der Waals surface area contributed by atoms with E-state index in [1.54, 1.807) is 16.1 Å². The molecule has 0 bridgehead atoms. The molecule has 0 heterocycles. The number of halogens is 7. The van der Waals surface area contributed by atoms with Gasteiger partial charge in [0, 0.05) is 21.4 Å². The number of rotatable bonds is 0. The quantitative estimate of drug-likeness (QED) is 0.413. The molecule has 0 rings (SSSR count). The average molecular weight is 345 g/mol. The summed E-state index contributed by atoms with van der Waals surface area (Å²) >= 11 is 1.67. The van der Waals surface area contributed by atoms with E-state index >= 15 is 0 Å². The summed E-state index contributed by atoms with van der Waals surface area (Å²) in [7, 11) is -7.87. The van der Waals surface area contributed by atoms with Gasteiger partial charge in [-0.1, -0.05) is 0 Å². The monoisotopic (exact) mass is 344 g/mol. The van der Waals surface area contributed by atoms with Crippen LogP contribution in [0.3, 0.4) is 0 Å². The van der Waals surface area contributed by atoms with E-state index in [0.717, 1.165) is 0 Å². The first-order chi connectivity index (χ1) is 6.89. The van der Waals surface area contributed by atoms with Gasteiger partial charge in [-0.15, -0.1) is 12.4 Å². The molecule has 0 aliphatic rings. The molecule has 0 fully saturated rings. The Kier molecular flexibility index (Phi) is 17.0. The van der Waals surface area contributed by atoms with Gasteiger partial charge in [0.25, 0.3) is 0 Å². The molecule has 15 heteroatoms. The minimum absolute atomic E-state index is 0. The number of hydrogen-bond acceptors (Lipinski definition) is 7. The standard InChI is InChI=1S/2CF3O2S.Al.ClH.HN/c2*2-1(3,4)7(5)6;;;/h;;;2*1H/q2*-1;;;. The van der Waals surface area contributed by atoms with Crippen LogP contribution in [0.4, 0.5) is 26.3 Å². The van der Waals surface area contributed by atoms with Crippen LogP contribution in [0.5, 0.6) is 0 Å². The molecule has 0 aromatic carbocycles. The van der Waals surface area contributed by atoms with Gasteiger partial charge >= 0.3 is 31.5 Å². The van der Waals surface area contributed by atoms with Crippen LogP contribution in [0.25, 0.3) is 0 Å². The molecule has 0 unspecified atom stereocenters. The first kappa shape index (κ1) is 25.8. The third kappa shape index (κ3) is 21.9. The Morgan fingerprint density at radius 2 is 0.765 bits per heavy atom. The van der Waals surface area contributed by atoms with Gasteiger partial charge in [-0.25, -0.2) is 0 Å². The van der Waals surface area contributed by atoms with Crippen molar-refractivity contribution in [3.8, 4) is 0 Å². The van der Waals surface area contributed by atoms with Gasteiger partial charge in [0.05, 0.1) is 0 Å². The van der Waals surface area contributed by atoms with Crippen LogP contribution >= 0.6 is 12.4 Å². The van der Waals surface area contributed by atoms with Crippen molar-refractivity contribution >= 4 is 49.9 Å². The molecule has 0 spiro atoms. The zero-order chi connectivity index (χ0) is 14.2. The van der Waals surface area contributed by atoms with Gasteiger partial charge in [-0.2, -0.15) is 26.3 Å². The van der Waals surface area contributed by atoms with Crippen molar-refractivity contribution in [1.82, 2.24) is 0 Å². The first-order valence-electron chi connectivity index (χ1n) is 2.50. The number of nitrogens with one attached hydrogen (secondary N) is 1. The summed E-state index contributed by atoms with van der Waals surface area (Å²) in [6.07, 6.45) is 0. The Morgan fingerprint density at radius 1 is 0.706 bits per heavy atom. The second-order valence-corrected chi connectivity index (χ2v) is 3.23. The Hall–Kier alpha value is 0.102. The molecule has 0 saturated heterocycles. The van der Waals surface area contributed by atoms with Crippen LogP contribution in [-0.2, 0) is 38.2 Å². The van der Waals surface area contributed by atoms with Gasteiger partial charge in [0.15, 0.2) is 0 Å². The minimum atomic E-state index is -5.08. The predicted octanol–water partition coefficient (Wildman–Crippen LogP) is 1.97. The maximum atomic E-state index is 10.6. The summed E-state index contributed by atoms with van der Waals surface area (Å²) in [5, 5.41) is 0. The summed E-state index contributed by atoms with van der Waals surface area (Å²) < 4.78 is 105. The van der Waals surface area contributed by atoms with Crippen LogP contribution in [0, 0.1) is 4.35 Å². The van der Waals surface area contributed by atoms with Gasteiger partial charge in [-0.3, -0.25) is 0 Å². The Balaban J connectivity index is -0.0000000823.